The summed E-state index contributed by atoms with van der Waals surface area (Å²) in [5, 5.41) is 0.432. The van der Waals surface area contributed by atoms with E-state index in [0.29, 0.717) is 17.2 Å². The number of halogens is 1. The lowest BCUT2D eigenvalue weighted by molar-refractivity contribution is -0.137. The average molecular weight is 428 g/mol. The van der Waals surface area contributed by atoms with Crippen LogP contribution in [0.4, 0.5) is 5.69 Å². The van der Waals surface area contributed by atoms with Crippen molar-refractivity contribution in [1.29, 1.82) is 0 Å². The number of hydrogen-bond donors (Lipinski definition) is 0. The molecule has 0 amide bonds. The molecule has 0 spiro atoms. The summed E-state index contributed by atoms with van der Waals surface area (Å²) in [6, 6.07) is 14.3. The Bertz CT molecular complexity index is 963. The average Bonchev–Trinajstić information content (AvgIpc) is 2.78. The molecule has 0 atom stereocenters. The van der Waals surface area contributed by atoms with E-state index in [0.717, 1.165) is 11.4 Å². The van der Waals surface area contributed by atoms with Gasteiger partial charge >= 0.3 is 11.9 Å². The summed E-state index contributed by atoms with van der Waals surface area (Å²) < 4.78 is 15.5. The SMILES string of the molecule is CCOc1ccc(N2C=C(C(=O)OC)C(c3ccccc3Cl)C(C(=O)OC)=C2)cc1. The highest BCUT2D eigenvalue weighted by Crippen LogP contribution is 2.41. The van der Waals surface area contributed by atoms with Crippen LogP contribution in [0.25, 0.3) is 0 Å². The third-order valence-electron chi connectivity index (χ3n) is 4.68. The molecule has 1 aliphatic heterocycles. The Morgan fingerprint density at radius 2 is 1.50 bits per heavy atom. The molecule has 0 N–H and O–H groups in total. The van der Waals surface area contributed by atoms with Gasteiger partial charge in [-0.2, -0.15) is 0 Å². The molecular formula is C23H22ClNO5. The van der Waals surface area contributed by atoms with Crippen LogP contribution in [0.15, 0.2) is 72.1 Å². The number of hydrogen-bond acceptors (Lipinski definition) is 6. The normalized spacial score (nSPS) is 13.9. The fraction of sp³-hybridized carbons (Fsp3) is 0.217. The second kappa shape index (κ2) is 9.50. The Balaban J connectivity index is 2.13. The summed E-state index contributed by atoms with van der Waals surface area (Å²) >= 11 is 6.40. The van der Waals surface area contributed by atoms with Crippen LogP contribution in [-0.2, 0) is 19.1 Å². The number of carbonyl (C=O) groups is 2. The van der Waals surface area contributed by atoms with Gasteiger partial charge in [-0.25, -0.2) is 9.59 Å². The number of esters is 2. The van der Waals surface area contributed by atoms with Gasteiger partial charge in [-0.3, -0.25) is 0 Å². The molecular weight excluding hydrogens is 406 g/mol. The van der Waals surface area contributed by atoms with Gasteiger partial charge in [0.1, 0.15) is 5.75 Å². The van der Waals surface area contributed by atoms with Gasteiger partial charge in [0.25, 0.3) is 0 Å². The van der Waals surface area contributed by atoms with Crippen molar-refractivity contribution in [3.63, 3.8) is 0 Å². The number of ether oxygens (including phenoxy) is 3. The minimum atomic E-state index is -0.724. The molecule has 0 aromatic heterocycles. The van der Waals surface area contributed by atoms with E-state index >= 15 is 0 Å². The third-order valence-corrected chi connectivity index (χ3v) is 5.03. The maximum atomic E-state index is 12.7. The van der Waals surface area contributed by atoms with E-state index in [1.165, 1.54) is 14.2 Å². The van der Waals surface area contributed by atoms with Gasteiger partial charge in [-0.05, 0) is 42.8 Å². The zero-order chi connectivity index (χ0) is 21.7. The van der Waals surface area contributed by atoms with Crippen LogP contribution in [-0.4, -0.2) is 32.8 Å². The van der Waals surface area contributed by atoms with Crippen molar-refractivity contribution in [2.75, 3.05) is 25.7 Å². The lowest BCUT2D eigenvalue weighted by Crippen LogP contribution is -2.28. The van der Waals surface area contributed by atoms with Gasteiger partial charge in [-0.1, -0.05) is 29.8 Å². The summed E-state index contributed by atoms with van der Waals surface area (Å²) in [6.45, 7) is 2.46. The van der Waals surface area contributed by atoms with E-state index in [4.69, 9.17) is 25.8 Å². The molecule has 1 aliphatic rings. The van der Waals surface area contributed by atoms with Crippen LogP contribution in [0, 0.1) is 0 Å². The Morgan fingerprint density at radius 3 is 2.00 bits per heavy atom. The van der Waals surface area contributed by atoms with Crippen LogP contribution in [0.3, 0.4) is 0 Å². The molecule has 0 unspecified atom stereocenters. The van der Waals surface area contributed by atoms with Crippen molar-refractivity contribution >= 4 is 29.2 Å². The fourth-order valence-corrected chi connectivity index (χ4v) is 3.55. The second-order valence-corrected chi connectivity index (χ2v) is 6.85. The van der Waals surface area contributed by atoms with Crippen molar-refractivity contribution in [1.82, 2.24) is 0 Å². The van der Waals surface area contributed by atoms with Gasteiger partial charge in [0.05, 0.1) is 37.9 Å². The first-order chi connectivity index (χ1) is 14.5. The first kappa shape index (κ1) is 21.5. The Kier molecular flexibility index (Phi) is 6.79. The van der Waals surface area contributed by atoms with Crippen molar-refractivity contribution in [3.05, 3.63) is 82.7 Å². The number of carbonyl (C=O) groups excluding carboxylic acids is 2. The van der Waals surface area contributed by atoms with Gasteiger partial charge in [-0.15, -0.1) is 0 Å². The summed E-state index contributed by atoms with van der Waals surface area (Å²) in [5.41, 5.74) is 1.88. The van der Waals surface area contributed by atoms with Gasteiger partial charge < -0.3 is 19.1 Å². The van der Waals surface area contributed by atoms with Gasteiger partial charge in [0.15, 0.2) is 0 Å². The Hall–Kier alpha value is -3.25. The Morgan fingerprint density at radius 1 is 0.933 bits per heavy atom. The first-order valence-electron chi connectivity index (χ1n) is 9.35. The topological polar surface area (TPSA) is 65.1 Å². The fourth-order valence-electron chi connectivity index (χ4n) is 3.30. The van der Waals surface area contributed by atoms with Crippen molar-refractivity contribution < 1.29 is 23.8 Å². The van der Waals surface area contributed by atoms with E-state index in [-0.39, 0.29) is 11.1 Å². The summed E-state index contributed by atoms with van der Waals surface area (Å²) in [7, 11) is 2.59. The number of benzene rings is 2. The van der Waals surface area contributed by atoms with Gasteiger partial charge in [0, 0.05) is 23.1 Å². The smallest absolute Gasteiger partial charge is 0.336 e. The minimum absolute atomic E-state index is 0.266. The maximum absolute atomic E-state index is 12.7. The van der Waals surface area contributed by atoms with Crippen molar-refractivity contribution in [2.24, 2.45) is 0 Å². The van der Waals surface area contributed by atoms with E-state index in [9.17, 15) is 9.59 Å². The number of anilines is 1. The first-order valence-corrected chi connectivity index (χ1v) is 9.73. The molecule has 0 bridgehead atoms. The zero-order valence-electron chi connectivity index (χ0n) is 16.9. The molecule has 0 aliphatic carbocycles. The maximum Gasteiger partial charge on any atom is 0.336 e. The number of rotatable bonds is 6. The number of nitrogens with zero attached hydrogens (tertiary/aromatic N) is 1. The van der Waals surface area contributed by atoms with Crippen LogP contribution in [0.1, 0.15) is 18.4 Å². The molecule has 0 radical (unpaired) electrons. The van der Waals surface area contributed by atoms with E-state index in [1.54, 1.807) is 41.6 Å². The molecule has 0 fully saturated rings. The molecule has 2 aromatic carbocycles. The van der Waals surface area contributed by atoms with Crippen LogP contribution < -0.4 is 9.64 Å². The molecule has 3 rings (SSSR count). The highest BCUT2D eigenvalue weighted by Gasteiger charge is 2.36. The summed E-state index contributed by atoms with van der Waals surface area (Å²) in [4.78, 5) is 27.0. The summed E-state index contributed by atoms with van der Waals surface area (Å²) in [6.07, 6.45) is 3.28. The predicted molar refractivity (Wildman–Crippen MR) is 114 cm³/mol. The lowest BCUT2D eigenvalue weighted by atomic mass is 9.83. The minimum Gasteiger partial charge on any atom is -0.494 e. The van der Waals surface area contributed by atoms with Crippen LogP contribution in [0.5, 0.6) is 5.75 Å². The highest BCUT2D eigenvalue weighted by molar-refractivity contribution is 6.31. The molecule has 6 nitrogen and oxygen atoms in total. The van der Waals surface area contributed by atoms with Crippen molar-refractivity contribution in [3.8, 4) is 5.75 Å². The van der Waals surface area contributed by atoms with Crippen LogP contribution >= 0.6 is 11.6 Å². The van der Waals surface area contributed by atoms with Crippen molar-refractivity contribution in [2.45, 2.75) is 12.8 Å². The molecule has 0 saturated heterocycles. The third kappa shape index (κ3) is 4.33. The molecule has 7 heteroatoms. The van der Waals surface area contributed by atoms with Gasteiger partial charge in [0.2, 0.25) is 0 Å². The molecule has 1 heterocycles. The highest BCUT2D eigenvalue weighted by atomic mass is 35.5. The van der Waals surface area contributed by atoms with Crippen LogP contribution in [0.2, 0.25) is 5.02 Å². The second-order valence-electron chi connectivity index (χ2n) is 6.44. The molecule has 156 valence electrons. The standard InChI is InChI=1S/C23H22ClNO5/c1-4-30-16-11-9-15(10-12-16)25-13-18(22(26)28-2)21(19(14-25)23(27)29-3)17-7-5-6-8-20(17)24/h5-14,21H,4H2,1-3H3. The van der Waals surface area contributed by atoms with E-state index in [2.05, 4.69) is 0 Å². The lowest BCUT2D eigenvalue weighted by Gasteiger charge is -2.30. The molecule has 30 heavy (non-hydrogen) atoms. The van der Waals surface area contributed by atoms with E-state index in [1.807, 2.05) is 31.2 Å². The quantitative estimate of drug-likeness (QED) is 0.634. The van der Waals surface area contributed by atoms with E-state index < -0.39 is 17.9 Å². The largest absolute Gasteiger partial charge is 0.494 e. The zero-order valence-corrected chi connectivity index (χ0v) is 17.7. The molecule has 0 saturated carbocycles. The number of methoxy groups -OCH3 is 2. The predicted octanol–water partition coefficient (Wildman–Crippen LogP) is 4.46. The molecule has 2 aromatic rings. The Labute approximate surface area is 180 Å². The monoisotopic (exact) mass is 427 g/mol. The summed E-state index contributed by atoms with van der Waals surface area (Å²) in [5.74, 6) is -1.13.